The number of phosphoric ester groups is 1. The Morgan fingerprint density at radius 2 is 1.43 bits per heavy atom. The van der Waals surface area contributed by atoms with Crippen LogP contribution in [0.25, 0.3) is 0 Å². The van der Waals surface area contributed by atoms with Crippen molar-refractivity contribution in [1.82, 2.24) is 5.32 Å². The van der Waals surface area contributed by atoms with Crippen molar-refractivity contribution in [1.29, 1.82) is 0 Å². The van der Waals surface area contributed by atoms with Gasteiger partial charge in [0.2, 0.25) is 5.91 Å². The molecule has 0 saturated carbocycles. The summed E-state index contributed by atoms with van der Waals surface area (Å²) < 4.78 is 22.9. The fraction of sp³-hybridized carbons (Fsp3) is 0.788. The standard InChI is InChI=1S/C33H63N2O6P/c1-6-8-10-12-14-15-16-17-18-19-21-23-25-27-33(37)34-31(32(36)26-24-22-20-13-11-9-7-2)30-41-42(38,39)40-29-28-35(3,4)5/h10,12,15-16,24,26,31-32,36H,6-9,11,13-14,17-23,25,27-30H2,1-5H3,(H-,34,37,38,39)/b12-10-,16-15-,26-24+. The normalized spacial score (nSPS) is 15.5. The van der Waals surface area contributed by atoms with E-state index in [1.165, 1.54) is 25.7 Å². The van der Waals surface area contributed by atoms with E-state index >= 15 is 0 Å². The fourth-order valence-electron chi connectivity index (χ4n) is 4.13. The van der Waals surface area contributed by atoms with E-state index in [2.05, 4.69) is 43.5 Å². The molecule has 0 saturated heterocycles. The first-order chi connectivity index (χ1) is 20.0. The Morgan fingerprint density at radius 3 is 2.07 bits per heavy atom. The van der Waals surface area contributed by atoms with Gasteiger partial charge in [-0.2, -0.15) is 0 Å². The van der Waals surface area contributed by atoms with Crippen molar-refractivity contribution >= 4 is 13.7 Å². The SMILES string of the molecule is CCC/C=C\C/C=C\CCCCCCCC(=O)NC(COP(=O)([O-])OCC[N+](C)(C)C)C(O)/C=C/CCCCCCC. The van der Waals surface area contributed by atoms with E-state index in [0.717, 1.165) is 70.6 Å². The number of nitrogens with zero attached hydrogens (tertiary/aromatic N) is 1. The van der Waals surface area contributed by atoms with Crippen LogP contribution in [-0.4, -0.2) is 68.5 Å². The molecule has 42 heavy (non-hydrogen) atoms. The number of nitrogens with one attached hydrogen (secondary N) is 1. The summed E-state index contributed by atoms with van der Waals surface area (Å²) in [6.45, 7) is 4.46. The number of hydrogen-bond acceptors (Lipinski definition) is 6. The van der Waals surface area contributed by atoms with Crippen LogP contribution in [0.2, 0.25) is 0 Å². The average Bonchev–Trinajstić information content (AvgIpc) is 2.92. The molecule has 0 aliphatic rings. The molecule has 0 aliphatic carbocycles. The zero-order chi connectivity index (χ0) is 31.5. The van der Waals surface area contributed by atoms with Crippen LogP contribution >= 0.6 is 7.82 Å². The van der Waals surface area contributed by atoms with Gasteiger partial charge < -0.3 is 28.8 Å². The summed E-state index contributed by atoms with van der Waals surface area (Å²) in [4.78, 5) is 24.9. The van der Waals surface area contributed by atoms with Crippen molar-refractivity contribution < 1.29 is 32.9 Å². The van der Waals surface area contributed by atoms with Gasteiger partial charge in [0, 0.05) is 6.42 Å². The number of aliphatic hydroxyl groups excluding tert-OH is 1. The van der Waals surface area contributed by atoms with E-state index in [4.69, 9.17) is 9.05 Å². The van der Waals surface area contributed by atoms with E-state index in [9.17, 15) is 19.4 Å². The molecule has 0 rings (SSSR count). The molecule has 0 bridgehead atoms. The first-order valence-electron chi connectivity index (χ1n) is 16.4. The van der Waals surface area contributed by atoms with Crippen LogP contribution < -0.4 is 10.2 Å². The van der Waals surface area contributed by atoms with Crippen LogP contribution in [0.3, 0.4) is 0 Å². The van der Waals surface area contributed by atoms with Crippen LogP contribution in [0.1, 0.15) is 117 Å². The van der Waals surface area contributed by atoms with Gasteiger partial charge in [0.25, 0.3) is 7.82 Å². The van der Waals surface area contributed by atoms with Gasteiger partial charge in [-0.3, -0.25) is 9.36 Å². The van der Waals surface area contributed by atoms with Crippen LogP contribution in [0.15, 0.2) is 36.5 Å². The number of carbonyl (C=O) groups is 1. The number of unbranched alkanes of at least 4 members (excludes halogenated alkanes) is 11. The maximum Gasteiger partial charge on any atom is 0.268 e. The highest BCUT2D eigenvalue weighted by Gasteiger charge is 2.23. The Balaban J connectivity index is 4.59. The Labute approximate surface area is 257 Å². The van der Waals surface area contributed by atoms with Crippen molar-refractivity contribution in [2.24, 2.45) is 0 Å². The summed E-state index contributed by atoms with van der Waals surface area (Å²) in [6, 6.07) is -0.887. The molecule has 0 heterocycles. The van der Waals surface area contributed by atoms with E-state index in [1.807, 2.05) is 27.2 Å². The van der Waals surface area contributed by atoms with Crippen LogP contribution in [-0.2, 0) is 18.4 Å². The molecule has 0 spiro atoms. The minimum absolute atomic E-state index is 0.00549. The lowest BCUT2D eigenvalue weighted by Crippen LogP contribution is -2.45. The van der Waals surface area contributed by atoms with Gasteiger partial charge in [0.1, 0.15) is 13.2 Å². The first kappa shape index (κ1) is 40.7. The van der Waals surface area contributed by atoms with Gasteiger partial charge in [-0.1, -0.05) is 102 Å². The highest BCUT2D eigenvalue weighted by atomic mass is 31.2. The summed E-state index contributed by atoms with van der Waals surface area (Å²) in [6.07, 6.45) is 27.7. The van der Waals surface area contributed by atoms with E-state index in [-0.39, 0.29) is 19.1 Å². The number of rotatable bonds is 28. The van der Waals surface area contributed by atoms with Crippen molar-refractivity contribution in [2.75, 3.05) is 40.9 Å². The smallest absolute Gasteiger partial charge is 0.268 e. The number of hydrogen-bond donors (Lipinski definition) is 2. The molecule has 0 aromatic rings. The average molecular weight is 615 g/mol. The Bertz CT molecular complexity index is 794. The lowest BCUT2D eigenvalue weighted by molar-refractivity contribution is -0.870. The zero-order valence-corrected chi connectivity index (χ0v) is 28.3. The predicted molar refractivity (Wildman–Crippen MR) is 173 cm³/mol. The van der Waals surface area contributed by atoms with Gasteiger partial charge in [0.15, 0.2) is 0 Å². The summed E-state index contributed by atoms with van der Waals surface area (Å²) in [7, 11) is 1.24. The highest BCUT2D eigenvalue weighted by molar-refractivity contribution is 7.45. The molecule has 3 unspecified atom stereocenters. The molecule has 2 N–H and O–H groups in total. The van der Waals surface area contributed by atoms with Gasteiger partial charge in [-0.25, -0.2) is 0 Å². The van der Waals surface area contributed by atoms with E-state index < -0.39 is 20.0 Å². The van der Waals surface area contributed by atoms with Gasteiger partial charge in [-0.15, -0.1) is 0 Å². The minimum atomic E-state index is -4.57. The molecule has 0 aromatic carbocycles. The molecular weight excluding hydrogens is 551 g/mol. The quantitative estimate of drug-likeness (QED) is 0.0426. The summed E-state index contributed by atoms with van der Waals surface area (Å²) in [5, 5.41) is 13.5. The largest absolute Gasteiger partial charge is 0.756 e. The number of quaternary nitrogens is 1. The molecule has 0 aromatic heterocycles. The molecule has 9 heteroatoms. The third-order valence-electron chi connectivity index (χ3n) is 6.83. The molecule has 246 valence electrons. The lowest BCUT2D eigenvalue weighted by atomic mass is 10.1. The number of allylic oxidation sites excluding steroid dienone is 5. The molecule has 0 radical (unpaired) electrons. The number of aliphatic hydroxyl groups is 1. The summed E-state index contributed by atoms with van der Waals surface area (Å²) in [5.74, 6) is -0.221. The monoisotopic (exact) mass is 614 g/mol. The maximum absolute atomic E-state index is 12.6. The third kappa shape index (κ3) is 27.5. The highest BCUT2D eigenvalue weighted by Crippen LogP contribution is 2.38. The second-order valence-corrected chi connectivity index (χ2v) is 13.6. The maximum atomic E-state index is 12.6. The van der Waals surface area contributed by atoms with Crippen LogP contribution in [0.4, 0.5) is 0 Å². The molecule has 8 nitrogen and oxygen atoms in total. The van der Waals surface area contributed by atoms with Crippen molar-refractivity contribution in [3.63, 3.8) is 0 Å². The Kier molecular flexibility index (Phi) is 25.4. The number of amides is 1. The fourth-order valence-corrected chi connectivity index (χ4v) is 4.85. The van der Waals surface area contributed by atoms with Crippen LogP contribution in [0, 0.1) is 0 Å². The van der Waals surface area contributed by atoms with Gasteiger partial charge >= 0.3 is 0 Å². The minimum Gasteiger partial charge on any atom is -0.756 e. The Hall–Kier alpha value is -1.28. The molecule has 1 amide bonds. The zero-order valence-electron chi connectivity index (χ0n) is 27.4. The Morgan fingerprint density at radius 1 is 0.833 bits per heavy atom. The molecule has 0 fully saturated rings. The van der Waals surface area contributed by atoms with Crippen molar-refractivity contribution in [3.8, 4) is 0 Å². The second kappa shape index (κ2) is 26.2. The first-order valence-corrected chi connectivity index (χ1v) is 17.8. The van der Waals surface area contributed by atoms with Crippen molar-refractivity contribution in [3.05, 3.63) is 36.5 Å². The summed E-state index contributed by atoms with van der Waals surface area (Å²) in [5.41, 5.74) is 0. The van der Waals surface area contributed by atoms with Gasteiger partial charge in [-0.05, 0) is 44.9 Å². The lowest BCUT2D eigenvalue weighted by Gasteiger charge is -2.29. The molecule has 3 atom stereocenters. The number of carbonyl (C=O) groups excluding carboxylic acids is 1. The van der Waals surface area contributed by atoms with Gasteiger partial charge in [0.05, 0.1) is 39.9 Å². The van der Waals surface area contributed by atoms with Crippen molar-refractivity contribution in [2.45, 2.75) is 129 Å². The van der Waals surface area contributed by atoms with E-state index in [1.54, 1.807) is 6.08 Å². The van der Waals surface area contributed by atoms with Crippen LogP contribution in [0.5, 0.6) is 0 Å². The summed E-state index contributed by atoms with van der Waals surface area (Å²) >= 11 is 0. The molecular formula is C33H63N2O6P. The third-order valence-corrected chi connectivity index (χ3v) is 7.79. The number of likely N-dealkylation sites (N-methyl/N-ethyl adjacent to an activating group) is 1. The molecule has 0 aliphatic heterocycles. The predicted octanol–water partition coefficient (Wildman–Crippen LogP) is 6.99. The van der Waals surface area contributed by atoms with E-state index in [0.29, 0.717) is 17.4 Å². The number of phosphoric acid groups is 1. The second-order valence-electron chi connectivity index (χ2n) is 12.2. The topological polar surface area (TPSA) is 108 Å².